The van der Waals surface area contributed by atoms with Gasteiger partial charge in [0.1, 0.15) is 17.8 Å². The van der Waals surface area contributed by atoms with E-state index in [0.29, 0.717) is 49.7 Å². The van der Waals surface area contributed by atoms with E-state index < -0.39 is 5.92 Å². The molecule has 4 heterocycles. The highest BCUT2D eigenvalue weighted by atomic mass is 16.2. The fraction of sp³-hybridized carbons (Fsp3) is 0.355. The number of nitrogens with zero attached hydrogens (tertiary/aromatic N) is 8. The highest BCUT2D eigenvalue weighted by Crippen LogP contribution is 2.30. The van der Waals surface area contributed by atoms with Crippen LogP contribution in [0, 0.1) is 22.7 Å². The van der Waals surface area contributed by atoms with E-state index in [4.69, 9.17) is 15.4 Å². The van der Waals surface area contributed by atoms with E-state index in [-0.39, 0.29) is 17.9 Å². The van der Waals surface area contributed by atoms with Crippen LogP contribution >= 0.6 is 0 Å². The van der Waals surface area contributed by atoms with E-state index in [0.717, 1.165) is 16.9 Å². The number of aromatic nitrogens is 1. The number of pyridine rings is 1. The number of carbonyl (C=O) groups is 1. The lowest BCUT2D eigenvalue weighted by Crippen LogP contribution is -2.51. The van der Waals surface area contributed by atoms with Gasteiger partial charge in [0.2, 0.25) is 5.91 Å². The van der Waals surface area contributed by atoms with E-state index in [2.05, 4.69) is 26.3 Å². The quantitative estimate of drug-likeness (QED) is 0.448. The van der Waals surface area contributed by atoms with Crippen LogP contribution < -0.4 is 10.2 Å². The average molecular weight is 565 g/mol. The third-order valence-electron chi connectivity index (χ3n) is 7.67. The van der Waals surface area contributed by atoms with Crippen molar-refractivity contribution in [2.75, 3.05) is 58.8 Å². The lowest BCUT2D eigenvalue weighted by molar-refractivity contribution is -0.133. The van der Waals surface area contributed by atoms with E-state index in [9.17, 15) is 10.1 Å². The van der Waals surface area contributed by atoms with Crippen LogP contribution in [0.5, 0.6) is 0 Å². The van der Waals surface area contributed by atoms with Crippen molar-refractivity contribution in [3.63, 3.8) is 0 Å². The summed E-state index contributed by atoms with van der Waals surface area (Å²) in [6, 6.07) is 15.9. The van der Waals surface area contributed by atoms with Gasteiger partial charge in [0.05, 0.1) is 29.6 Å². The van der Waals surface area contributed by atoms with Crippen LogP contribution in [0.1, 0.15) is 17.0 Å². The van der Waals surface area contributed by atoms with Gasteiger partial charge in [-0.15, -0.1) is 0 Å². The number of fused-ring (bicyclic) bond motifs is 1. The van der Waals surface area contributed by atoms with Crippen LogP contribution in [0.25, 0.3) is 0 Å². The minimum Gasteiger partial charge on any atom is -0.393 e. The molecule has 3 unspecified atom stereocenters. The molecule has 1 aromatic heterocycles. The molecule has 0 saturated carbocycles. The molecule has 3 atom stereocenters. The Kier molecular flexibility index (Phi) is 8.74. The Hall–Kier alpha value is -4.82. The van der Waals surface area contributed by atoms with E-state index >= 15 is 0 Å². The predicted molar refractivity (Wildman–Crippen MR) is 165 cm³/mol. The Bertz CT molecular complexity index is 1450. The van der Waals surface area contributed by atoms with Crippen LogP contribution in [-0.2, 0) is 4.79 Å². The van der Waals surface area contributed by atoms with E-state index in [1.807, 2.05) is 61.5 Å². The van der Waals surface area contributed by atoms with Gasteiger partial charge >= 0.3 is 0 Å². The zero-order chi connectivity index (χ0) is 29.6. The average Bonchev–Trinajstić information content (AvgIpc) is 3.45. The van der Waals surface area contributed by atoms with Gasteiger partial charge in [-0.05, 0) is 31.8 Å². The Labute approximate surface area is 246 Å². The molecule has 0 bridgehead atoms. The summed E-state index contributed by atoms with van der Waals surface area (Å²) in [5, 5.41) is 26.7. The number of nitriles is 1. The summed E-state index contributed by atoms with van der Waals surface area (Å²) in [4.78, 5) is 29.4. The molecule has 0 radical (unpaired) electrons. The summed E-state index contributed by atoms with van der Waals surface area (Å²) < 4.78 is 0. The highest BCUT2D eigenvalue weighted by molar-refractivity contribution is 6.08. The summed E-state index contributed by atoms with van der Waals surface area (Å²) >= 11 is 0. The predicted octanol–water partition coefficient (Wildman–Crippen LogP) is 2.28. The molecule has 2 N–H and O–H groups in total. The number of hydrogen-bond acceptors (Lipinski definition) is 10. The number of carbonyl (C=O) groups excluding carboxylic acids is 1. The van der Waals surface area contributed by atoms with Crippen molar-refractivity contribution >= 4 is 29.9 Å². The highest BCUT2D eigenvalue weighted by Gasteiger charge is 2.38. The summed E-state index contributed by atoms with van der Waals surface area (Å²) in [6.45, 7) is 3.29. The first-order chi connectivity index (χ1) is 20.4. The molecule has 0 aliphatic carbocycles. The van der Waals surface area contributed by atoms with Crippen LogP contribution in [0.3, 0.4) is 0 Å². The Balaban J connectivity index is 1.30. The SMILES string of the molecule is CN/C=C(\C=N)C1=CN2N=CC(C#N)C2C(c2ccc(N3CCN(C(=O)C(CN(C)C)c4ccccc4)CC3)nc2)=N1. The normalized spacial score (nSPS) is 20.9. The third kappa shape index (κ3) is 5.94. The van der Waals surface area contributed by atoms with Crippen molar-refractivity contribution in [3.05, 3.63) is 83.5 Å². The van der Waals surface area contributed by atoms with Crippen molar-refractivity contribution in [2.45, 2.75) is 12.0 Å². The largest absolute Gasteiger partial charge is 0.393 e. The van der Waals surface area contributed by atoms with E-state index in [1.54, 1.807) is 36.9 Å². The number of anilines is 1. The van der Waals surface area contributed by atoms with Gasteiger partial charge in [0.25, 0.3) is 0 Å². The first-order valence-corrected chi connectivity index (χ1v) is 14.0. The molecule has 216 valence electrons. The molecular formula is C31H36N10O. The number of amides is 1. The van der Waals surface area contributed by atoms with Gasteiger partial charge in [-0.1, -0.05) is 30.3 Å². The number of benzene rings is 1. The molecule has 42 heavy (non-hydrogen) atoms. The zero-order valence-electron chi connectivity index (χ0n) is 24.2. The zero-order valence-corrected chi connectivity index (χ0v) is 24.2. The Morgan fingerprint density at radius 1 is 1.19 bits per heavy atom. The minimum absolute atomic E-state index is 0.157. The van der Waals surface area contributed by atoms with Crippen molar-refractivity contribution in [1.82, 2.24) is 25.1 Å². The van der Waals surface area contributed by atoms with Gasteiger partial charge in [0, 0.05) is 75.7 Å². The molecule has 3 aliphatic rings. The number of hydrogen-bond donors (Lipinski definition) is 2. The maximum atomic E-state index is 13.6. The molecule has 1 saturated heterocycles. The molecule has 2 aromatic rings. The minimum atomic E-state index is -0.448. The molecule has 1 aromatic carbocycles. The third-order valence-corrected chi connectivity index (χ3v) is 7.67. The second-order valence-corrected chi connectivity index (χ2v) is 10.7. The molecule has 1 amide bonds. The first-order valence-electron chi connectivity index (χ1n) is 14.0. The molecule has 3 aliphatic heterocycles. The fourth-order valence-electron chi connectivity index (χ4n) is 5.53. The van der Waals surface area contributed by atoms with Gasteiger partial charge < -0.3 is 25.4 Å². The smallest absolute Gasteiger partial charge is 0.231 e. The number of allylic oxidation sites excluding steroid dienone is 1. The number of nitrogens with one attached hydrogen (secondary N) is 2. The number of piperazine rings is 1. The lowest BCUT2D eigenvalue weighted by atomic mass is 9.93. The lowest BCUT2D eigenvalue weighted by Gasteiger charge is -2.37. The maximum absolute atomic E-state index is 13.6. The van der Waals surface area contributed by atoms with Crippen LogP contribution in [0.15, 0.2) is 82.4 Å². The molecule has 1 fully saturated rings. The monoisotopic (exact) mass is 564 g/mol. The van der Waals surface area contributed by atoms with Crippen molar-refractivity contribution in [1.29, 1.82) is 10.7 Å². The standard InChI is InChI=1S/C31H36N10O/c1-34-17-24(15-32)27-21-41-30(25(16-33)19-36-41)29(37-27)23-9-10-28(35-18-23)39-11-13-40(14-12-39)31(42)26(20-38(2)3)22-7-5-4-6-8-22/h4-10,15,17-19,21,25-26,30,32,34H,11-14,20H2,1-3H3/b24-17+,32-15?. The second-order valence-electron chi connectivity index (χ2n) is 10.7. The Morgan fingerprint density at radius 3 is 2.57 bits per heavy atom. The molecular weight excluding hydrogens is 528 g/mol. The summed E-state index contributed by atoms with van der Waals surface area (Å²) in [6.07, 6.45) is 8.12. The molecule has 5 rings (SSSR count). The van der Waals surface area contributed by atoms with Crippen LogP contribution in [-0.4, -0.2) is 104 Å². The van der Waals surface area contributed by atoms with Crippen molar-refractivity contribution in [3.8, 4) is 6.07 Å². The summed E-state index contributed by atoms with van der Waals surface area (Å²) in [5.74, 6) is 0.338. The molecule has 11 heteroatoms. The maximum Gasteiger partial charge on any atom is 0.231 e. The second kappa shape index (κ2) is 12.8. The van der Waals surface area contributed by atoms with E-state index in [1.165, 1.54) is 6.21 Å². The summed E-state index contributed by atoms with van der Waals surface area (Å²) in [5.41, 5.74) is 3.69. The van der Waals surface area contributed by atoms with Gasteiger partial charge in [-0.2, -0.15) is 10.4 Å². The number of hydrazone groups is 1. The van der Waals surface area contributed by atoms with Crippen molar-refractivity contribution in [2.24, 2.45) is 16.0 Å². The summed E-state index contributed by atoms with van der Waals surface area (Å²) in [7, 11) is 5.76. The topological polar surface area (TPSA) is 127 Å². The Morgan fingerprint density at radius 2 is 1.95 bits per heavy atom. The molecule has 0 spiro atoms. The van der Waals surface area contributed by atoms with Gasteiger partial charge in [-0.25, -0.2) is 9.98 Å². The number of aliphatic imine (C=N–C) groups is 1. The van der Waals surface area contributed by atoms with Gasteiger partial charge in [-0.3, -0.25) is 9.80 Å². The fourth-order valence-corrected chi connectivity index (χ4v) is 5.53. The number of rotatable bonds is 9. The van der Waals surface area contributed by atoms with Crippen molar-refractivity contribution < 1.29 is 4.79 Å². The van der Waals surface area contributed by atoms with Crippen LogP contribution in [0.2, 0.25) is 0 Å². The number of likely N-dealkylation sites (N-methyl/N-ethyl adjacent to an activating group) is 1. The first kappa shape index (κ1) is 28.7. The van der Waals surface area contributed by atoms with Gasteiger partial charge in [0.15, 0.2) is 0 Å². The molecule has 11 nitrogen and oxygen atoms in total. The van der Waals surface area contributed by atoms with Crippen LogP contribution in [0.4, 0.5) is 5.82 Å².